The molecule has 3 aromatic rings. The molecule has 1 unspecified atom stereocenters. The number of likely N-dealkylation sites (N-methyl/N-ethyl adjacent to an activating group) is 1. The predicted octanol–water partition coefficient (Wildman–Crippen LogP) is 5.32. The Morgan fingerprint density at radius 2 is 1.92 bits per heavy atom. The first-order valence-electron chi connectivity index (χ1n) is 13.1. The van der Waals surface area contributed by atoms with Crippen LogP contribution in [0.5, 0.6) is 5.75 Å². The molecule has 4 rings (SSSR count). The van der Waals surface area contributed by atoms with Crippen molar-refractivity contribution in [2.24, 2.45) is 10.9 Å². The van der Waals surface area contributed by atoms with Crippen molar-refractivity contribution >= 4 is 28.2 Å². The van der Waals surface area contributed by atoms with Crippen molar-refractivity contribution in [3.05, 3.63) is 78.5 Å². The van der Waals surface area contributed by atoms with E-state index < -0.39 is 0 Å². The van der Waals surface area contributed by atoms with Crippen LogP contribution in [0.3, 0.4) is 0 Å². The number of carbonyl (C=O) groups is 1. The van der Waals surface area contributed by atoms with E-state index in [1.165, 1.54) is 0 Å². The smallest absolute Gasteiger partial charge is 0.270 e. The van der Waals surface area contributed by atoms with Gasteiger partial charge >= 0.3 is 0 Å². The van der Waals surface area contributed by atoms with Crippen molar-refractivity contribution in [3.63, 3.8) is 0 Å². The normalized spacial score (nSPS) is 15.8. The minimum Gasteiger partial charge on any atom is -0.490 e. The second-order valence-corrected chi connectivity index (χ2v) is 10.1. The van der Waals surface area contributed by atoms with Crippen molar-refractivity contribution in [2.45, 2.75) is 33.8 Å². The van der Waals surface area contributed by atoms with E-state index in [0.29, 0.717) is 28.8 Å². The molecule has 1 amide bonds. The number of allylic oxidation sites excluding steroid dienone is 2. The van der Waals surface area contributed by atoms with E-state index in [-0.39, 0.29) is 12.0 Å². The monoisotopic (exact) mass is 514 g/mol. The van der Waals surface area contributed by atoms with Crippen molar-refractivity contribution in [1.29, 1.82) is 0 Å². The summed E-state index contributed by atoms with van der Waals surface area (Å²) < 4.78 is 6.06. The number of benzene rings is 1. The van der Waals surface area contributed by atoms with Gasteiger partial charge in [-0.2, -0.15) is 0 Å². The quantitative estimate of drug-likeness (QED) is 0.378. The summed E-state index contributed by atoms with van der Waals surface area (Å²) in [6.07, 6.45) is 5.64. The number of amides is 1. The molecular weight excluding hydrogens is 476 g/mol. The van der Waals surface area contributed by atoms with Crippen molar-refractivity contribution in [3.8, 4) is 5.75 Å². The molecule has 0 aliphatic carbocycles. The Labute approximate surface area is 225 Å². The minimum absolute atomic E-state index is 0.0373. The Morgan fingerprint density at radius 1 is 1.16 bits per heavy atom. The van der Waals surface area contributed by atoms with E-state index in [2.05, 4.69) is 54.6 Å². The molecular formula is C30H38N6O2. The molecule has 0 spiro atoms. The molecule has 1 atom stereocenters. The first-order valence-corrected chi connectivity index (χ1v) is 13.1. The molecule has 1 saturated heterocycles. The maximum absolute atomic E-state index is 13.0. The van der Waals surface area contributed by atoms with Gasteiger partial charge in [-0.1, -0.05) is 26.5 Å². The van der Waals surface area contributed by atoms with Gasteiger partial charge in [0.15, 0.2) is 0 Å². The summed E-state index contributed by atoms with van der Waals surface area (Å²) in [5, 5.41) is 4.22. The highest BCUT2D eigenvalue weighted by molar-refractivity contribution is 6.08. The molecule has 2 N–H and O–H groups in total. The van der Waals surface area contributed by atoms with Gasteiger partial charge < -0.3 is 24.8 Å². The van der Waals surface area contributed by atoms with Gasteiger partial charge in [-0.05, 0) is 63.2 Å². The van der Waals surface area contributed by atoms with E-state index in [1.807, 2.05) is 60.4 Å². The Morgan fingerprint density at radius 3 is 2.63 bits per heavy atom. The lowest BCUT2D eigenvalue weighted by atomic mass is 10.1. The van der Waals surface area contributed by atoms with Crippen LogP contribution in [0.25, 0.3) is 10.9 Å². The van der Waals surface area contributed by atoms with Crippen molar-refractivity contribution in [1.82, 2.24) is 19.8 Å². The molecule has 3 heterocycles. The van der Waals surface area contributed by atoms with Gasteiger partial charge in [0.2, 0.25) is 0 Å². The van der Waals surface area contributed by atoms with E-state index >= 15 is 0 Å². The van der Waals surface area contributed by atoms with Gasteiger partial charge in [-0.25, -0.2) is 4.99 Å². The fraction of sp³-hybridized carbons (Fsp3) is 0.367. The zero-order chi connectivity index (χ0) is 27.2. The number of piperazine rings is 1. The van der Waals surface area contributed by atoms with Gasteiger partial charge in [0.25, 0.3) is 5.91 Å². The van der Waals surface area contributed by atoms with Crippen LogP contribution >= 0.6 is 0 Å². The highest BCUT2D eigenvalue weighted by atomic mass is 16.5. The zero-order valence-corrected chi connectivity index (χ0v) is 23.0. The third kappa shape index (κ3) is 6.69. The van der Waals surface area contributed by atoms with E-state index in [9.17, 15) is 4.79 Å². The number of nitrogens with zero attached hydrogens (tertiary/aromatic N) is 4. The molecule has 1 aromatic carbocycles. The maximum Gasteiger partial charge on any atom is 0.270 e. The number of fused-ring (bicyclic) bond motifs is 1. The van der Waals surface area contributed by atoms with Gasteiger partial charge in [0, 0.05) is 55.0 Å². The maximum atomic E-state index is 13.0. The molecule has 8 nitrogen and oxygen atoms in total. The van der Waals surface area contributed by atoms with E-state index in [0.717, 1.165) is 48.5 Å². The average Bonchev–Trinajstić information content (AvgIpc) is 3.32. The van der Waals surface area contributed by atoms with Gasteiger partial charge in [-0.15, -0.1) is 0 Å². The topological polar surface area (TPSA) is 85.8 Å². The molecule has 8 heteroatoms. The lowest BCUT2D eigenvalue weighted by molar-refractivity contribution is 0.0659. The number of anilines is 1. The highest BCUT2D eigenvalue weighted by Gasteiger charge is 2.21. The minimum atomic E-state index is 0.0373. The Hall–Kier alpha value is -3.91. The summed E-state index contributed by atoms with van der Waals surface area (Å²) >= 11 is 0. The molecule has 200 valence electrons. The first-order chi connectivity index (χ1) is 18.2. The summed E-state index contributed by atoms with van der Waals surface area (Å²) in [4.78, 5) is 29.6. The van der Waals surface area contributed by atoms with Crippen LogP contribution in [-0.4, -0.2) is 70.7 Å². The number of carbonyl (C=O) groups excluding carboxylic acids is 1. The number of aromatic nitrogens is 2. The molecule has 0 saturated carbocycles. The average molecular weight is 515 g/mol. The fourth-order valence-electron chi connectivity index (χ4n) is 4.16. The lowest BCUT2D eigenvalue weighted by Gasteiger charge is -2.32. The number of aromatic amines is 1. The van der Waals surface area contributed by atoms with Gasteiger partial charge in [0.05, 0.1) is 17.5 Å². The number of H-pyrrole nitrogens is 1. The number of aliphatic imine (C=N–C) groups is 1. The summed E-state index contributed by atoms with van der Waals surface area (Å²) in [5.74, 6) is 1.67. The molecule has 0 bridgehead atoms. The number of hydrogen-bond acceptors (Lipinski definition) is 6. The largest absolute Gasteiger partial charge is 0.490 e. The Kier molecular flexibility index (Phi) is 8.63. The zero-order valence-electron chi connectivity index (χ0n) is 23.0. The second kappa shape index (κ2) is 12.1. The molecule has 1 aliphatic rings. The fourth-order valence-corrected chi connectivity index (χ4v) is 4.16. The van der Waals surface area contributed by atoms with Crippen LogP contribution in [0.15, 0.2) is 72.1 Å². The van der Waals surface area contributed by atoms with Crippen molar-refractivity contribution < 1.29 is 9.53 Å². The SMILES string of the molecule is C=C(/N=C(\C=C/C)c1cc(OC(C)C(C)C)ccn1)Nc1ccc2[nH]c(C(=O)N3CCN(C)CC3)cc2c1. The molecule has 1 aliphatic heterocycles. The standard InChI is InChI=1S/C30H38N6O2/c1-7-8-27(28-19-25(11-12-31-28)38-21(4)20(2)3)33-22(5)32-24-9-10-26-23(17-24)18-29(34-26)30(37)36-15-13-35(6)14-16-36/h7-12,17-21,32,34H,5,13-16H2,1-4,6H3/b8-7-,33-27+. The summed E-state index contributed by atoms with van der Waals surface area (Å²) in [5.41, 5.74) is 3.73. The van der Waals surface area contributed by atoms with Crippen LogP contribution in [0, 0.1) is 5.92 Å². The third-order valence-corrected chi connectivity index (χ3v) is 6.76. The molecule has 1 fully saturated rings. The van der Waals surface area contributed by atoms with E-state index in [1.54, 1.807) is 6.20 Å². The van der Waals surface area contributed by atoms with Crippen LogP contribution in [0.1, 0.15) is 43.9 Å². The number of pyridine rings is 1. The summed E-state index contributed by atoms with van der Waals surface area (Å²) in [7, 11) is 2.08. The Balaban J connectivity index is 1.49. The number of rotatable bonds is 9. The van der Waals surface area contributed by atoms with E-state index in [4.69, 9.17) is 9.73 Å². The van der Waals surface area contributed by atoms with Crippen LogP contribution in [-0.2, 0) is 0 Å². The number of hydrogen-bond donors (Lipinski definition) is 2. The van der Waals surface area contributed by atoms with Crippen LogP contribution < -0.4 is 10.1 Å². The van der Waals surface area contributed by atoms with Crippen molar-refractivity contribution in [2.75, 3.05) is 38.5 Å². The van der Waals surface area contributed by atoms with Crippen LogP contribution in [0.2, 0.25) is 0 Å². The molecule has 38 heavy (non-hydrogen) atoms. The molecule has 2 aromatic heterocycles. The lowest BCUT2D eigenvalue weighted by Crippen LogP contribution is -2.47. The molecule has 0 radical (unpaired) electrons. The second-order valence-electron chi connectivity index (χ2n) is 10.1. The summed E-state index contributed by atoms with van der Waals surface area (Å²) in [6.45, 7) is 15.6. The number of nitrogens with one attached hydrogen (secondary N) is 2. The summed E-state index contributed by atoms with van der Waals surface area (Å²) in [6, 6.07) is 11.6. The predicted molar refractivity (Wildman–Crippen MR) is 155 cm³/mol. The van der Waals surface area contributed by atoms with Gasteiger partial charge in [-0.3, -0.25) is 9.78 Å². The van der Waals surface area contributed by atoms with Crippen LogP contribution in [0.4, 0.5) is 5.69 Å². The first kappa shape index (κ1) is 27.1. The number of ether oxygens (including phenoxy) is 1. The highest BCUT2D eigenvalue weighted by Crippen LogP contribution is 2.23. The Bertz CT molecular complexity index is 1350. The third-order valence-electron chi connectivity index (χ3n) is 6.76. The van der Waals surface area contributed by atoms with Gasteiger partial charge in [0.1, 0.15) is 17.3 Å².